The molecule has 0 aliphatic rings. The normalized spacial score (nSPS) is 13.4. The van der Waals surface area contributed by atoms with E-state index in [2.05, 4.69) is 26.1 Å². The molecule has 0 radical (unpaired) electrons. The van der Waals surface area contributed by atoms with E-state index in [0.29, 0.717) is 17.3 Å². The third kappa shape index (κ3) is 5.71. The van der Waals surface area contributed by atoms with Crippen molar-refractivity contribution in [3.05, 3.63) is 28.8 Å². The number of β-amino-alcohol motifs (C(OH)–C–C–N with tert-alkyl or cyclic N) is 1. The topological polar surface area (TPSA) is 41.5 Å². The van der Waals surface area contributed by atoms with Crippen molar-refractivity contribution in [2.24, 2.45) is 0 Å². The Balaban J connectivity index is 2.42. The van der Waals surface area contributed by atoms with E-state index in [-0.39, 0.29) is 12.1 Å². The van der Waals surface area contributed by atoms with Gasteiger partial charge in [0.25, 0.3) is 0 Å². The molecular weight excluding hydrogens is 250 g/mol. The number of nitrogens with one attached hydrogen (secondary N) is 1. The summed E-state index contributed by atoms with van der Waals surface area (Å²) in [4.78, 5) is 0. The summed E-state index contributed by atoms with van der Waals surface area (Å²) in [5.74, 6) is 0.617. The number of aliphatic hydroxyl groups is 1. The first kappa shape index (κ1) is 15.3. The minimum Gasteiger partial charge on any atom is -0.489 e. The van der Waals surface area contributed by atoms with Gasteiger partial charge >= 0.3 is 0 Å². The molecule has 0 heterocycles. The third-order valence-electron chi connectivity index (χ3n) is 2.39. The molecule has 0 unspecified atom stereocenters. The number of halogens is 1. The number of rotatable bonds is 5. The van der Waals surface area contributed by atoms with Crippen LogP contribution in [0.5, 0.6) is 5.75 Å². The Morgan fingerprint density at radius 2 is 2.06 bits per heavy atom. The van der Waals surface area contributed by atoms with Crippen molar-refractivity contribution in [1.29, 1.82) is 0 Å². The summed E-state index contributed by atoms with van der Waals surface area (Å²) in [6.07, 6.45) is -0.555. The van der Waals surface area contributed by atoms with Crippen LogP contribution < -0.4 is 10.1 Å². The Bertz CT molecular complexity index is 388. The van der Waals surface area contributed by atoms with Crippen LogP contribution in [0, 0.1) is 6.92 Å². The van der Waals surface area contributed by atoms with E-state index in [1.165, 1.54) is 0 Å². The summed E-state index contributed by atoms with van der Waals surface area (Å²) in [7, 11) is 0. The molecule has 0 saturated heterocycles. The number of benzene rings is 1. The van der Waals surface area contributed by atoms with Crippen LogP contribution in [0.3, 0.4) is 0 Å². The van der Waals surface area contributed by atoms with Gasteiger partial charge in [0.2, 0.25) is 0 Å². The standard InChI is InChI=1S/C14H22ClNO2/c1-10-5-6-12(15)13(7-10)18-9-11(17)8-16-14(2,3)4/h5-7,11,16-17H,8-9H2,1-4H3/t11-/m1/s1. The van der Waals surface area contributed by atoms with E-state index in [9.17, 15) is 5.11 Å². The molecule has 3 nitrogen and oxygen atoms in total. The van der Waals surface area contributed by atoms with Gasteiger partial charge in [-0.05, 0) is 45.4 Å². The zero-order valence-electron chi connectivity index (χ0n) is 11.5. The Hall–Kier alpha value is -0.770. The Kier molecular flexibility index (Phi) is 5.45. The highest BCUT2D eigenvalue weighted by Gasteiger charge is 2.13. The van der Waals surface area contributed by atoms with Crippen LogP contribution in [-0.2, 0) is 0 Å². The molecule has 0 amide bonds. The molecular formula is C14H22ClNO2. The molecule has 0 aliphatic carbocycles. The maximum Gasteiger partial charge on any atom is 0.138 e. The molecule has 0 aromatic heterocycles. The first-order valence-electron chi connectivity index (χ1n) is 6.10. The van der Waals surface area contributed by atoms with Crippen molar-refractivity contribution in [3.8, 4) is 5.75 Å². The number of aryl methyl sites for hydroxylation is 1. The molecule has 0 fully saturated rings. The minimum atomic E-state index is -0.555. The molecule has 0 saturated carbocycles. The first-order valence-corrected chi connectivity index (χ1v) is 6.48. The van der Waals surface area contributed by atoms with Crippen molar-refractivity contribution in [1.82, 2.24) is 5.32 Å². The summed E-state index contributed by atoms with van der Waals surface area (Å²) in [5.41, 5.74) is 1.07. The molecule has 0 spiro atoms. The summed E-state index contributed by atoms with van der Waals surface area (Å²) < 4.78 is 5.52. The maximum absolute atomic E-state index is 9.80. The van der Waals surface area contributed by atoms with Crippen LogP contribution >= 0.6 is 11.6 Å². The van der Waals surface area contributed by atoms with E-state index >= 15 is 0 Å². The second-order valence-corrected chi connectivity index (χ2v) is 5.94. The number of hydrogen-bond donors (Lipinski definition) is 2. The fourth-order valence-corrected chi connectivity index (χ4v) is 1.56. The van der Waals surface area contributed by atoms with Gasteiger partial charge < -0.3 is 15.2 Å². The largest absolute Gasteiger partial charge is 0.489 e. The van der Waals surface area contributed by atoms with E-state index in [1.54, 1.807) is 6.07 Å². The predicted molar refractivity (Wildman–Crippen MR) is 75.4 cm³/mol. The molecule has 4 heteroatoms. The summed E-state index contributed by atoms with van der Waals surface area (Å²) in [5, 5.41) is 13.6. The minimum absolute atomic E-state index is 0.0119. The zero-order valence-corrected chi connectivity index (χ0v) is 12.2. The maximum atomic E-state index is 9.80. The van der Waals surface area contributed by atoms with Crippen molar-refractivity contribution in [2.45, 2.75) is 39.3 Å². The fraction of sp³-hybridized carbons (Fsp3) is 0.571. The lowest BCUT2D eigenvalue weighted by Gasteiger charge is -2.23. The van der Waals surface area contributed by atoms with Crippen LogP contribution in [0.15, 0.2) is 18.2 Å². The van der Waals surface area contributed by atoms with Crippen molar-refractivity contribution < 1.29 is 9.84 Å². The molecule has 1 atom stereocenters. The molecule has 1 aromatic carbocycles. The van der Waals surface area contributed by atoms with E-state index in [4.69, 9.17) is 16.3 Å². The SMILES string of the molecule is Cc1ccc(Cl)c(OC[C@H](O)CNC(C)(C)C)c1. The zero-order chi connectivity index (χ0) is 13.8. The third-order valence-corrected chi connectivity index (χ3v) is 2.70. The van der Waals surface area contributed by atoms with Gasteiger partial charge in [0.15, 0.2) is 0 Å². The van der Waals surface area contributed by atoms with Gasteiger partial charge in [0.05, 0.1) is 5.02 Å². The lowest BCUT2D eigenvalue weighted by Crippen LogP contribution is -2.42. The molecule has 2 N–H and O–H groups in total. The molecule has 0 bridgehead atoms. The molecule has 18 heavy (non-hydrogen) atoms. The van der Waals surface area contributed by atoms with Gasteiger partial charge in [-0.1, -0.05) is 17.7 Å². The van der Waals surface area contributed by atoms with E-state index in [1.807, 2.05) is 19.1 Å². The number of hydrogen-bond acceptors (Lipinski definition) is 3. The first-order chi connectivity index (χ1) is 8.28. The lowest BCUT2D eigenvalue weighted by molar-refractivity contribution is 0.100. The quantitative estimate of drug-likeness (QED) is 0.865. The lowest BCUT2D eigenvalue weighted by atomic mass is 10.1. The van der Waals surface area contributed by atoms with Gasteiger partial charge in [-0.2, -0.15) is 0 Å². The van der Waals surface area contributed by atoms with Crippen LogP contribution in [0.25, 0.3) is 0 Å². The average Bonchev–Trinajstić information content (AvgIpc) is 2.26. The Morgan fingerprint density at radius 1 is 1.39 bits per heavy atom. The van der Waals surface area contributed by atoms with Gasteiger partial charge in [-0.15, -0.1) is 0 Å². The van der Waals surface area contributed by atoms with Crippen molar-refractivity contribution in [3.63, 3.8) is 0 Å². The number of aliphatic hydroxyl groups excluding tert-OH is 1. The summed E-state index contributed by atoms with van der Waals surface area (Å²) in [6, 6.07) is 5.59. The average molecular weight is 272 g/mol. The van der Waals surface area contributed by atoms with Gasteiger partial charge in [0.1, 0.15) is 18.5 Å². The van der Waals surface area contributed by atoms with Gasteiger partial charge in [-0.25, -0.2) is 0 Å². The second kappa shape index (κ2) is 6.41. The summed E-state index contributed by atoms with van der Waals surface area (Å²) >= 11 is 6.01. The molecule has 1 rings (SSSR count). The van der Waals surface area contributed by atoms with E-state index < -0.39 is 6.10 Å². The van der Waals surface area contributed by atoms with E-state index in [0.717, 1.165) is 5.56 Å². The Morgan fingerprint density at radius 3 is 2.67 bits per heavy atom. The van der Waals surface area contributed by atoms with Crippen LogP contribution in [-0.4, -0.2) is 29.9 Å². The fourth-order valence-electron chi connectivity index (χ4n) is 1.39. The highest BCUT2D eigenvalue weighted by molar-refractivity contribution is 6.32. The van der Waals surface area contributed by atoms with Gasteiger partial charge in [-0.3, -0.25) is 0 Å². The van der Waals surface area contributed by atoms with Crippen LogP contribution in [0.1, 0.15) is 26.3 Å². The molecule has 0 aliphatic heterocycles. The molecule has 102 valence electrons. The highest BCUT2D eigenvalue weighted by Crippen LogP contribution is 2.25. The smallest absolute Gasteiger partial charge is 0.138 e. The van der Waals surface area contributed by atoms with Crippen LogP contribution in [0.2, 0.25) is 5.02 Å². The molecule has 1 aromatic rings. The summed E-state index contributed by atoms with van der Waals surface area (Å²) in [6.45, 7) is 8.86. The van der Waals surface area contributed by atoms with Crippen LogP contribution in [0.4, 0.5) is 0 Å². The Labute approximate surface area is 114 Å². The monoisotopic (exact) mass is 271 g/mol. The predicted octanol–water partition coefficient (Wildman–Crippen LogP) is 2.78. The highest BCUT2D eigenvalue weighted by atomic mass is 35.5. The van der Waals surface area contributed by atoms with Gasteiger partial charge in [0, 0.05) is 12.1 Å². The number of ether oxygens (including phenoxy) is 1. The van der Waals surface area contributed by atoms with Crippen molar-refractivity contribution >= 4 is 11.6 Å². The van der Waals surface area contributed by atoms with Crippen molar-refractivity contribution in [2.75, 3.05) is 13.2 Å². The second-order valence-electron chi connectivity index (χ2n) is 5.53.